The second-order valence-electron chi connectivity index (χ2n) is 1.78. The number of carbonyl (C=O) groups is 1. The lowest BCUT2D eigenvalue weighted by molar-refractivity contribution is -0.135. The Hall–Kier alpha value is -0.520. The predicted octanol–water partition coefficient (Wildman–Crippen LogP) is 1.68. The van der Waals surface area contributed by atoms with Gasteiger partial charge in [0.2, 0.25) is 0 Å². The third kappa shape index (κ3) is 1.95. The van der Waals surface area contributed by atoms with E-state index in [-0.39, 0.29) is 26.3 Å². The number of carbonyl (C=O) groups excluding carboxylic acids is 1. The Kier molecular flexibility index (Phi) is 2.92. The van der Waals surface area contributed by atoms with Crippen molar-refractivity contribution in [1.29, 1.82) is 0 Å². The molecule has 0 N–H and O–H groups in total. The first kappa shape index (κ1) is 8.58. The second-order valence-corrected chi connectivity index (χ2v) is 3.84. The van der Waals surface area contributed by atoms with Gasteiger partial charge in [-0.2, -0.15) is 0 Å². The summed E-state index contributed by atoms with van der Waals surface area (Å²) in [6.07, 6.45) is 1.32. The molecule has 1 aliphatic heterocycles. The van der Waals surface area contributed by atoms with Gasteiger partial charge in [-0.25, -0.2) is 9.18 Å². The number of allylic oxidation sites excluding steroid dienone is 1. The molecule has 0 aromatic rings. The highest BCUT2D eigenvalue weighted by Crippen LogP contribution is 2.20. The Morgan fingerprint density at radius 3 is 3.00 bits per heavy atom. The zero-order valence-corrected chi connectivity index (χ0v) is 7.96. The minimum atomic E-state index is -0.591. The minimum Gasteiger partial charge on any atom is -0.465 e. The number of esters is 1. The Bertz CT molecular complexity index is 266. The molecule has 11 heavy (non-hydrogen) atoms. The summed E-state index contributed by atoms with van der Waals surface area (Å²) >= 11 is -0.297. The van der Waals surface area contributed by atoms with Crippen molar-refractivity contribution in [2.24, 2.45) is 0 Å². The van der Waals surface area contributed by atoms with Crippen molar-refractivity contribution in [3.63, 3.8) is 0 Å². The van der Waals surface area contributed by atoms with Crippen LogP contribution in [0.15, 0.2) is 21.6 Å². The van der Waals surface area contributed by atoms with Crippen LogP contribution in [0.1, 0.15) is 0 Å². The highest BCUT2D eigenvalue weighted by molar-refractivity contribution is 14.2. The normalized spacial score (nSPS) is 16.2. The van der Waals surface area contributed by atoms with Crippen LogP contribution in [-0.2, 0) is 9.53 Å². The molecule has 4 heteroatoms. The van der Waals surface area contributed by atoms with Crippen molar-refractivity contribution >= 4 is 30.7 Å². The molecule has 0 fully saturated rings. The molecule has 1 heterocycles. The van der Waals surface area contributed by atoms with Gasteiger partial charge in [-0.1, -0.05) is 20.7 Å². The first-order chi connectivity index (χ1) is 5.25. The van der Waals surface area contributed by atoms with Crippen molar-refractivity contribution in [2.45, 2.75) is 0 Å². The minimum absolute atomic E-state index is 0.0720. The van der Waals surface area contributed by atoms with E-state index in [0.29, 0.717) is 0 Å². The standard InChI is InChI=1S/C7H6FIO2/c1-11-7(10)5-4-9-3-2-6(5)8/h2-4H,1H3. The molecule has 0 saturated heterocycles. The topological polar surface area (TPSA) is 26.3 Å². The molecule has 1 aliphatic rings. The maximum atomic E-state index is 12.8. The van der Waals surface area contributed by atoms with Gasteiger partial charge in [-0.15, -0.1) is 0 Å². The molecule has 60 valence electrons. The zero-order valence-electron chi connectivity index (χ0n) is 5.80. The van der Waals surface area contributed by atoms with E-state index >= 15 is 0 Å². The summed E-state index contributed by atoms with van der Waals surface area (Å²) in [7, 11) is 1.24. The fraction of sp³-hybridized carbons (Fsp3) is 0.143. The quantitative estimate of drug-likeness (QED) is 0.534. The Morgan fingerprint density at radius 1 is 1.73 bits per heavy atom. The molecule has 0 bridgehead atoms. The van der Waals surface area contributed by atoms with E-state index < -0.39 is 11.8 Å². The number of methoxy groups -OCH3 is 1. The average molecular weight is 268 g/mol. The van der Waals surface area contributed by atoms with Crippen LogP contribution < -0.4 is 0 Å². The summed E-state index contributed by atoms with van der Waals surface area (Å²) in [5.74, 6) is -1.09. The fourth-order valence-electron chi connectivity index (χ4n) is 0.585. The Labute approximate surface area is 73.5 Å². The van der Waals surface area contributed by atoms with Gasteiger partial charge in [0.1, 0.15) is 11.4 Å². The molecule has 0 atom stereocenters. The monoisotopic (exact) mass is 268 g/mol. The summed E-state index contributed by atoms with van der Waals surface area (Å²) in [6, 6.07) is 0. The first-order valence-electron chi connectivity index (χ1n) is 2.85. The molecular weight excluding hydrogens is 262 g/mol. The van der Waals surface area contributed by atoms with E-state index in [4.69, 9.17) is 0 Å². The number of hydrogen-bond acceptors (Lipinski definition) is 2. The average Bonchev–Trinajstić information content (AvgIpc) is 2.04. The zero-order chi connectivity index (χ0) is 8.27. The van der Waals surface area contributed by atoms with Gasteiger partial charge in [-0.05, 0) is 14.2 Å². The highest BCUT2D eigenvalue weighted by Gasteiger charge is 2.14. The SMILES string of the molecule is COC(=O)C1=CI=CC=C1F. The number of halogens is 2. The van der Waals surface area contributed by atoms with E-state index in [0.717, 1.165) is 0 Å². The smallest absolute Gasteiger partial charge is 0.341 e. The van der Waals surface area contributed by atoms with Crippen LogP contribution in [0.25, 0.3) is 0 Å². The van der Waals surface area contributed by atoms with Crippen LogP contribution in [0.3, 0.4) is 0 Å². The lowest BCUT2D eigenvalue weighted by atomic mass is 10.2. The van der Waals surface area contributed by atoms with Gasteiger partial charge in [0.25, 0.3) is 0 Å². The van der Waals surface area contributed by atoms with Crippen molar-refractivity contribution in [2.75, 3.05) is 7.11 Å². The predicted molar refractivity (Wildman–Crippen MR) is 49.4 cm³/mol. The first-order valence-corrected chi connectivity index (χ1v) is 5.34. The third-order valence-electron chi connectivity index (χ3n) is 1.12. The van der Waals surface area contributed by atoms with Gasteiger partial charge in [-0.3, -0.25) is 0 Å². The molecule has 0 saturated carbocycles. The lowest BCUT2D eigenvalue weighted by Crippen LogP contribution is -2.05. The van der Waals surface area contributed by atoms with Crippen LogP contribution >= 0.6 is 20.7 Å². The summed E-state index contributed by atoms with van der Waals surface area (Å²) < 4.78 is 20.5. The molecule has 0 aromatic carbocycles. The molecule has 0 radical (unpaired) electrons. The largest absolute Gasteiger partial charge is 0.465 e. The van der Waals surface area contributed by atoms with E-state index in [9.17, 15) is 9.18 Å². The van der Waals surface area contributed by atoms with Gasteiger partial charge in [0, 0.05) is 0 Å². The number of hydrogen-bond donors (Lipinski definition) is 0. The molecule has 0 aromatic heterocycles. The highest BCUT2D eigenvalue weighted by atomic mass is 127. The summed E-state index contributed by atoms with van der Waals surface area (Å²) in [5, 5.41) is 0. The van der Waals surface area contributed by atoms with E-state index in [1.165, 1.54) is 13.2 Å². The van der Waals surface area contributed by atoms with Crippen molar-refractivity contribution in [3.05, 3.63) is 21.6 Å². The van der Waals surface area contributed by atoms with Crippen molar-refractivity contribution < 1.29 is 13.9 Å². The molecule has 0 spiro atoms. The van der Waals surface area contributed by atoms with E-state index in [2.05, 4.69) is 4.74 Å². The molecule has 0 unspecified atom stereocenters. The molecule has 1 rings (SSSR count). The van der Waals surface area contributed by atoms with Crippen LogP contribution in [0.5, 0.6) is 0 Å². The second kappa shape index (κ2) is 3.75. The molecule has 0 aliphatic carbocycles. The molecule has 0 amide bonds. The third-order valence-corrected chi connectivity index (χ3v) is 2.87. The summed E-state index contributed by atoms with van der Waals surface area (Å²) in [5.41, 5.74) is 0.0720. The van der Waals surface area contributed by atoms with Crippen molar-refractivity contribution in [3.8, 4) is 0 Å². The van der Waals surface area contributed by atoms with Crippen LogP contribution in [0.2, 0.25) is 0 Å². The molecular formula is C7H6FIO2. The fourth-order valence-corrected chi connectivity index (χ4v) is 2.23. The maximum absolute atomic E-state index is 12.8. The van der Waals surface area contributed by atoms with Gasteiger partial charge in [0.05, 0.1) is 7.11 Å². The van der Waals surface area contributed by atoms with E-state index in [1.54, 1.807) is 8.09 Å². The Morgan fingerprint density at radius 2 is 2.45 bits per heavy atom. The lowest BCUT2D eigenvalue weighted by Gasteiger charge is -2.02. The van der Waals surface area contributed by atoms with Crippen LogP contribution in [-0.4, -0.2) is 17.1 Å². The summed E-state index contributed by atoms with van der Waals surface area (Å²) in [4.78, 5) is 10.8. The van der Waals surface area contributed by atoms with Crippen molar-refractivity contribution in [1.82, 2.24) is 0 Å². The Balaban J connectivity index is 2.89. The maximum Gasteiger partial charge on any atom is 0.341 e. The number of ether oxygens (including phenoxy) is 1. The van der Waals surface area contributed by atoms with E-state index in [1.807, 2.05) is 0 Å². The van der Waals surface area contributed by atoms with Crippen LogP contribution in [0.4, 0.5) is 4.39 Å². The van der Waals surface area contributed by atoms with Gasteiger partial charge < -0.3 is 4.74 Å². The molecule has 2 nitrogen and oxygen atoms in total. The van der Waals surface area contributed by atoms with Gasteiger partial charge >= 0.3 is 5.97 Å². The summed E-state index contributed by atoms with van der Waals surface area (Å²) in [6.45, 7) is 0. The van der Waals surface area contributed by atoms with Crippen LogP contribution in [0, 0.1) is 0 Å². The van der Waals surface area contributed by atoms with Gasteiger partial charge in [0.15, 0.2) is 0 Å². The number of rotatable bonds is 1.